The van der Waals surface area contributed by atoms with Crippen LogP contribution in [0.15, 0.2) is 182 Å². The average molecular weight is 861 g/mol. The summed E-state index contributed by atoms with van der Waals surface area (Å²) in [6, 6.07) is 0. The Morgan fingerprint density at radius 3 is 0.952 bits per heavy atom. The molecule has 0 aliphatic carbocycles. The standard InChI is InChI=1S/C57H80O6/c1-4-7-10-13-16-19-22-25-26-27-28-29-30-33-35-38-41-44-47-50-56(59)62-53-54(63-57(60)51-48-45-42-39-36-32-24-21-18-15-12-9-6-3)52-61-55(58)49-46-43-40-37-34-31-23-20-17-14-11-8-5-2/h7-30,32-33,35-36,39,42,54H,4-6,31,34,37-38,40-41,43-53H2,1-3H3/b10-7+,11-8+,12-9+,16-13+,17-14+,18-15+,22-19+,23-20+,24-21+,26-25+,28-27+,30-29+,35-33+,36-32+,42-39+. The molecule has 0 amide bonds. The number of hydrogen-bond acceptors (Lipinski definition) is 6. The van der Waals surface area contributed by atoms with Crippen molar-refractivity contribution in [1.82, 2.24) is 0 Å². The van der Waals surface area contributed by atoms with Crippen LogP contribution in [0.5, 0.6) is 0 Å². The molecule has 0 bridgehead atoms. The van der Waals surface area contributed by atoms with Crippen LogP contribution in [0.1, 0.15) is 136 Å². The van der Waals surface area contributed by atoms with Crippen molar-refractivity contribution < 1.29 is 28.6 Å². The van der Waals surface area contributed by atoms with Crippen LogP contribution >= 0.6 is 0 Å². The van der Waals surface area contributed by atoms with Crippen LogP contribution in [-0.2, 0) is 28.6 Å². The lowest BCUT2D eigenvalue weighted by Crippen LogP contribution is -2.30. The Balaban J connectivity index is 4.67. The molecule has 0 aromatic heterocycles. The molecule has 0 aliphatic heterocycles. The summed E-state index contributed by atoms with van der Waals surface area (Å²) in [4.78, 5) is 37.8. The molecule has 0 heterocycles. The Bertz CT molecular complexity index is 1600. The molecule has 1 atom stereocenters. The third-order valence-corrected chi connectivity index (χ3v) is 8.77. The zero-order chi connectivity index (χ0) is 45.8. The first kappa shape index (κ1) is 57.5. The van der Waals surface area contributed by atoms with Gasteiger partial charge < -0.3 is 14.2 Å². The van der Waals surface area contributed by atoms with E-state index in [1.54, 1.807) is 0 Å². The zero-order valence-corrected chi connectivity index (χ0v) is 39.0. The van der Waals surface area contributed by atoms with Gasteiger partial charge in [0.15, 0.2) is 6.10 Å². The van der Waals surface area contributed by atoms with E-state index in [2.05, 4.69) is 63.3 Å². The highest BCUT2D eigenvalue weighted by molar-refractivity contribution is 5.71. The van der Waals surface area contributed by atoms with Gasteiger partial charge in [-0.15, -0.1) is 0 Å². The van der Waals surface area contributed by atoms with Gasteiger partial charge in [0.1, 0.15) is 13.2 Å². The Morgan fingerprint density at radius 1 is 0.317 bits per heavy atom. The third kappa shape index (κ3) is 47.4. The molecule has 0 N–H and O–H groups in total. The molecule has 344 valence electrons. The molecular weight excluding hydrogens is 781 g/mol. The van der Waals surface area contributed by atoms with Crippen LogP contribution in [0.25, 0.3) is 0 Å². The lowest BCUT2D eigenvalue weighted by molar-refractivity contribution is -0.167. The number of rotatable bonds is 38. The minimum atomic E-state index is -0.853. The van der Waals surface area contributed by atoms with Crippen molar-refractivity contribution in [2.75, 3.05) is 13.2 Å². The predicted octanol–water partition coefficient (Wildman–Crippen LogP) is 15.4. The van der Waals surface area contributed by atoms with E-state index in [9.17, 15) is 14.4 Å². The highest BCUT2D eigenvalue weighted by atomic mass is 16.6. The summed E-state index contributed by atoms with van der Waals surface area (Å²) in [5.41, 5.74) is 0. The summed E-state index contributed by atoms with van der Waals surface area (Å²) in [5.74, 6) is -1.11. The van der Waals surface area contributed by atoms with Crippen molar-refractivity contribution in [3.05, 3.63) is 182 Å². The largest absolute Gasteiger partial charge is 0.462 e. The van der Waals surface area contributed by atoms with Crippen LogP contribution < -0.4 is 0 Å². The molecule has 0 aromatic carbocycles. The van der Waals surface area contributed by atoms with Gasteiger partial charge in [-0.05, 0) is 70.6 Å². The van der Waals surface area contributed by atoms with Gasteiger partial charge in [-0.3, -0.25) is 14.4 Å². The fraction of sp³-hybridized carbons (Fsp3) is 0.421. The third-order valence-electron chi connectivity index (χ3n) is 8.77. The number of ether oxygens (including phenoxy) is 3. The van der Waals surface area contributed by atoms with Gasteiger partial charge in [0, 0.05) is 19.3 Å². The molecule has 63 heavy (non-hydrogen) atoms. The highest BCUT2D eigenvalue weighted by Gasteiger charge is 2.19. The number of esters is 3. The molecule has 0 saturated heterocycles. The van der Waals surface area contributed by atoms with E-state index in [-0.39, 0.29) is 38.0 Å². The summed E-state index contributed by atoms with van der Waals surface area (Å²) in [6.07, 6.45) is 74.5. The lowest BCUT2D eigenvalue weighted by atomic mass is 10.1. The molecule has 0 spiro atoms. The maximum atomic E-state index is 12.7. The maximum Gasteiger partial charge on any atom is 0.306 e. The smallest absolute Gasteiger partial charge is 0.306 e. The van der Waals surface area contributed by atoms with Crippen LogP contribution in [0, 0.1) is 0 Å². The van der Waals surface area contributed by atoms with Crippen LogP contribution in [0.4, 0.5) is 0 Å². The van der Waals surface area contributed by atoms with Crippen molar-refractivity contribution in [1.29, 1.82) is 0 Å². The number of hydrogen-bond donors (Lipinski definition) is 0. The Hall–Kier alpha value is -5.49. The summed E-state index contributed by atoms with van der Waals surface area (Å²) in [5, 5.41) is 0. The molecule has 0 rings (SSSR count). The quantitative estimate of drug-likeness (QED) is 0.0266. The first-order chi connectivity index (χ1) is 31.0. The summed E-state index contributed by atoms with van der Waals surface area (Å²) in [7, 11) is 0. The van der Waals surface area contributed by atoms with E-state index in [0.717, 1.165) is 77.0 Å². The topological polar surface area (TPSA) is 78.9 Å². The van der Waals surface area contributed by atoms with Crippen molar-refractivity contribution in [2.24, 2.45) is 0 Å². The van der Waals surface area contributed by atoms with Gasteiger partial charge in [0.05, 0.1) is 0 Å². The molecule has 0 aliphatic rings. The number of unbranched alkanes of at least 4 members (excludes halogenated alkanes) is 9. The number of carbonyl (C=O) groups is 3. The molecule has 0 radical (unpaired) electrons. The first-order valence-corrected chi connectivity index (χ1v) is 23.5. The van der Waals surface area contributed by atoms with Crippen LogP contribution in [-0.4, -0.2) is 37.2 Å². The van der Waals surface area contributed by atoms with Gasteiger partial charge in [-0.2, -0.15) is 0 Å². The van der Waals surface area contributed by atoms with Gasteiger partial charge in [0.25, 0.3) is 0 Å². The predicted molar refractivity (Wildman–Crippen MR) is 269 cm³/mol. The molecule has 6 nitrogen and oxygen atoms in total. The monoisotopic (exact) mass is 861 g/mol. The Morgan fingerprint density at radius 2 is 0.587 bits per heavy atom. The minimum Gasteiger partial charge on any atom is -0.462 e. The number of allylic oxidation sites excluding steroid dienone is 30. The van der Waals surface area contributed by atoms with Gasteiger partial charge in [-0.1, -0.05) is 229 Å². The van der Waals surface area contributed by atoms with Crippen LogP contribution in [0.2, 0.25) is 0 Å². The van der Waals surface area contributed by atoms with Gasteiger partial charge in [0.2, 0.25) is 0 Å². The summed E-state index contributed by atoms with van der Waals surface area (Å²) in [6.45, 7) is 6.04. The van der Waals surface area contributed by atoms with Gasteiger partial charge >= 0.3 is 17.9 Å². The molecular formula is C57H80O6. The van der Waals surface area contributed by atoms with E-state index in [1.165, 1.54) is 0 Å². The van der Waals surface area contributed by atoms with Crippen LogP contribution in [0.3, 0.4) is 0 Å². The van der Waals surface area contributed by atoms with E-state index in [4.69, 9.17) is 14.2 Å². The second-order valence-corrected chi connectivity index (χ2v) is 14.5. The maximum absolute atomic E-state index is 12.7. The SMILES string of the molecule is CC/C=C/C=C/C=C/C=C/C=C/C=C/C=C/CCCCCC(=O)OCC(COC(=O)CCCCCCC/C=C/C=C/C=C/CC)OC(=O)CCC/C=C/C=C/C=C/C=C/C=C/CC. The van der Waals surface area contributed by atoms with Crippen molar-refractivity contribution >= 4 is 17.9 Å². The summed E-state index contributed by atoms with van der Waals surface area (Å²) < 4.78 is 16.6. The molecule has 6 heteroatoms. The average Bonchev–Trinajstić information content (AvgIpc) is 3.28. The van der Waals surface area contributed by atoms with Crippen molar-refractivity contribution in [2.45, 2.75) is 142 Å². The summed E-state index contributed by atoms with van der Waals surface area (Å²) >= 11 is 0. The van der Waals surface area contributed by atoms with E-state index in [1.807, 2.05) is 140 Å². The van der Waals surface area contributed by atoms with Crippen molar-refractivity contribution in [3.63, 3.8) is 0 Å². The lowest BCUT2D eigenvalue weighted by Gasteiger charge is -2.18. The second-order valence-electron chi connectivity index (χ2n) is 14.5. The van der Waals surface area contributed by atoms with E-state index >= 15 is 0 Å². The zero-order valence-electron chi connectivity index (χ0n) is 39.0. The first-order valence-electron chi connectivity index (χ1n) is 23.5. The molecule has 0 aromatic rings. The minimum absolute atomic E-state index is 0.144. The van der Waals surface area contributed by atoms with Crippen molar-refractivity contribution in [3.8, 4) is 0 Å². The van der Waals surface area contributed by atoms with Gasteiger partial charge in [-0.25, -0.2) is 0 Å². The Kier molecular flexibility index (Phi) is 44.9. The molecule has 0 fully saturated rings. The number of carbonyl (C=O) groups excluding carboxylic acids is 3. The fourth-order valence-electron chi connectivity index (χ4n) is 5.33. The molecule has 0 saturated carbocycles. The fourth-order valence-corrected chi connectivity index (χ4v) is 5.33. The highest BCUT2D eigenvalue weighted by Crippen LogP contribution is 2.11. The second kappa shape index (κ2) is 49.2. The van der Waals surface area contributed by atoms with E-state index < -0.39 is 12.1 Å². The molecule has 1 unspecified atom stereocenters. The Labute approximate surface area is 383 Å². The van der Waals surface area contributed by atoms with E-state index in [0.29, 0.717) is 25.7 Å². The normalized spacial score (nSPS) is 13.8.